The molecule has 8 heteroatoms. The van der Waals surface area contributed by atoms with Gasteiger partial charge >= 0.3 is 0 Å². The number of amides is 3. The highest BCUT2D eigenvalue weighted by Gasteiger charge is 2.34. The van der Waals surface area contributed by atoms with Crippen LogP contribution < -0.4 is 5.32 Å². The number of hydrogen-bond acceptors (Lipinski definition) is 5. The zero-order chi connectivity index (χ0) is 20.2. The van der Waals surface area contributed by atoms with Crippen molar-refractivity contribution in [2.24, 2.45) is 5.92 Å². The first-order valence-electron chi connectivity index (χ1n) is 9.97. The molecule has 0 radical (unpaired) electrons. The Labute approximate surface area is 168 Å². The summed E-state index contributed by atoms with van der Waals surface area (Å²) in [6.45, 7) is 2.63. The number of carbonyl (C=O) groups excluding carboxylic acids is 3. The number of nitrogens with one attached hydrogen (secondary N) is 1. The van der Waals surface area contributed by atoms with Gasteiger partial charge in [0, 0.05) is 38.9 Å². The maximum atomic E-state index is 12.3. The van der Waals surface area contributed by atoms with Crippen LogP contribution in [0.5, 0.6) is 0 Å². The molecule has 2 aliphatic rings. The number of anilines is 1. The monoisotopic (exact) mass is 396 g/mol. The molecule has 0 spiro atoms. The van der Waals surface area contributed by atoms with Crippen molar-refractivity contribution in [3.8, 4) is 0 Å². The average Bonchev–Trinajstić information content (AvgIpc) is 3.26. The molecule has 1 N–H and O–H groups in total. The summed E-state index contributed by atoms with van der Waals surface area (Å²) < 4.78 is 7.22. The summed E-state index contributed by atoms with van der Waals surface area (Å²) in [6.07, 6.45) is 6.16. The molecule has 3 amide bonds. The summed E-state index contributed by atoms with van der Waals surface area (Å²) in [5.41, 5.74) is 1.51. The third-order valence-electron chi connectivity index (χ3n) is 5.37. The third-order valence-corrected chi connectivity index (χ3v) is 5.37. The maximum absolute atomic E-state index is 12.3. The summed E-state index contributed by atoms with van der Waals surface area (Å²) in [5, 5.41) is 7.14. The quantitative estimate of drug-likeness (QED) is 0.725. The van der Waals surface area contributed by atoms with Gasteiger partial charge in [-0.3, -0.25) is 24.0 Å². The molecule has 0 bridgehead atoms. The predicted molar refractivity (Wildman–Crippen MR) is 105 cm³/mol. The Balaban J connectivity index is 1.23. The minimum absolute atomic E-state index is 0.160. The van der Waals surface area contributed by atoms with E-state index in [2.05, 4.69) is 10.4 Å². The lowest BCUT2D eigenvalue weighted by Gasteiger charge is -2.21. The second-order valence-electron chi connectivity index (χ2n) is 7.47. The highest BCUT2D eigenvalue weighted by molar-refractivity contribution is 6.21. The smallest absolute Gasteiger partial charge is 0.261 e. The average molecular weight is 396 g/mol. The van der Waals surface area contributed by atoms with Gasteiger partial charge in [0.05, 0.1) is 23.0 Å². The Hall–Kier alpha value is -3.00. The van der Waals surface area contributed by atoms with Gasteiger partial charge in [0.2, 0.25) is 5.91 Å². The fourth-order valence-electron chi connectivity index (χ4n) is 3.78. The highest BCUT2D eigenvalue weighted by Crippen LogP contribution is 2.23. The van der Waals surface area contributed by atoms with Crippen molar-refractivity contribution in [1.29, 1.82) is 0 Å². The molecule has 152 valence electrons. The van der Waals surface area contributed by atoms with Gasteiger partial charge in [-0.2, -0.15) is 5.10 Å². The van der Waals surface area contributed by atoms with Crippen LogP contribution in [0.3, 0.4) is 0 Å². The first kappa shape index (κ1) is 19.3. The van der Waals surface area contributed by atoms with E-state index in [9.17, 15) is 14.4 Å². The fourth-order valence-corrected chi connectivity index (χ4v) is 3.78. The van der Waals surface area contributed by atoms with Crippen LogP contribution in [0.2, 0.25) is 0 Å². The van der Waals surface area contributed by atoms with Crippen molar-refractivity contribution < 1.29 is 19.1 Å². The van der Waals surface area contributed by atoms with Gasteiger partial charge in [0.25, 0.3) is 11.8 Å². The van der Waals surface area contributed by atoms with Gasteiger partial charge < -0.3 is 10.1 Å². The van der Waals surface area contributed by atoms with E-state index in [1.54, 1.807) is 30.5 Å². The zero-order valence-corrected chi connectivity index (χ0v) is 16.2. The summed E-state index contributed by atoms with van der Waals surface area (Å²) >= 11 is 0. The molecule has 1 fully saturated rings. The Kier molecular flexibility index (Phi) is 5.71. The van der Waals surface area contributed by atoms with Crippen LogP contribution in [-0.4, -0.2) is 52.2 Å². The zero-order valence-electron chi connectivity index (χ0n) is 16.2. The first-order valence-corrected chi connectivity index (χ1v) is 9.97. The normalized spacial score (nSPS) is 16.9. The number of fused-ring (bicyclic) bond motifs is 1. The van der Waals surface area contributed by atoms with Crippen molar-refractivity contribution in [2.45, 2.75) is 32.2 Å². The minimum atomic E-state index is -0.291. The molecule has 1 aromatic carbocycles. The molecule has 0 aliphatic carbocycles. The van der Waals surface area contributed by atoms with E-state index < -0.39 is 0 Å². The van der Waals surface area contributed by atoms with E-state index in [0.29, 0.717) is 29.2 Å². The van der Waals surface area contributed by atoms with Gasteiger partial charge in [-0.05, 0) is 37.3 Å². The van der Waals surface area contributed by atoms with Gasteiger partial charge in [0.1, 0.15) is 0 Å². The SMILES string of the molecule is O=C(CCCN1C(=O)c2ccccc2C1=O)Nc1cnn(CC2CCOCC2)c1. The largest absolute Gasteiger partial charge is 0.381 e. The van der Waals surface area contributed by atoms with Crippen LogP contribution >= 0.6 is 0 Å². The van der Waals surface area contributed by atoms with Crippen molar-refractivity contribution in [3.63, 3.8) is 0 Å². The Bertz CT molecular complexity index is 882. The van der Waals surface area contributed by atoms with E-state index in [1.807, 2.05) is 10.9 Å². The second kappa shape index (κ2) is 8.57. The Morgan fingerprint density at radius 2 is 1.83 bits per heavy atom. The predicted octanol–water partition coefficient (Wildman–Crippen LogP) is 2.32. The van der Waals surface area contributed by atoms with Crippen LogP contribution in [0.25, 0.3) is 0 Å². The first-order chi connectivity index (χ1) is 14.1. The van der Waals surface area contributed by atoms with Crippen molar-refractivity contribution >= 4 is 23.4 Å². The van der Waals surface area contributed by atoms with Gasteiger partial charge in [-0.15, -0.1) is 0 Å². The number of hydrogen-bond donors (Lipinski definition) is 1. The number of ether oxygens (including phenoxy) is 1. The number of nitrogens with zero attached hydrogens (tertiary/aromatic N) is 3. The molecule has 3 heterocycles. The molecule has 0 saturated carbocycles. The summed E-state index contributed by atoms with van der Waals surface area (Å²) in [7, 11) is 0. The summed E-state index contributed by atoms with van der Waals surface area (Å²) in [4.78, 5) is 38.1. The third kappa shape index (κ3) is 4.37. The van der Waals surface area contributed by atoms with Crippen LogP contribution in [-0.2, 0) is 16.1 Å². The fraction of sp³-hybridized carbons (Fsp3) is 0.429. The van der Waals surface area contributed by atoms with Crippen LogP contribution in [0, 0.1) is 5.92 Å². The highest BCUT2D eigenvalue weighted by atomic mass is 16.5. The number of benzene rings is 1. The number of rotatable bonds is 7. The Morgan fingerprint density at radius 1 is 1.14 bits per heavy atom. The van der Waals surface area contributed by atoms with Gasteiger partial charge in [0.15, 0.2) is 0 Å². The number of imide groups is 1. The van der Waals surface area contributed by atoms with Gasteiger partial charge in [-0.25, -0.2) is 0 Å². The van der Waals surface area contributed by atoms with E-state index in [4.69, 9.17) is 4.74 Å². The Morgan fingerprint density at radius 3 is 2.52 bits per heavy atom. The lowest BCUT2D eigenvalue weighted by molar-refractivity contribution is -0.116. The topological polar surface area (TPSA) is 93.5 Å². The van der Waals surface area contributed by atoms with Crippen molar-refractivity contribution in [1.82, 2.24) is 14.7 Å². The van der Waals surface area contributed by atoms with Gasteiger partial charge in [-0.1, -0.05) is 12.1 Å². The second-order valence-corrected chi connectivity index (χ2v) is 7.47. The molecule has 2 aromatic rings. The minimum Gasteiger partial charge on any atom is -0.381 e. The lowest BCUT2D eigenvalue weighted by Crippen LogP contribution is -2.31. The molecule has 4 rings (SSSR count). The molecule has 29 heavy (non-hydrogen) atoms. The van der Waals surface area contributed by atoms with Crippen molar-refractivity contribution in [3.05, 3.63) is 47.8 Å². The molecule has 1 aromatic heterocycles. The lowest BCUT2D eigenvalue weighted by atomic mass is 10.0. The van der Waals surface area contributed by atoms with Crippen LogP contribution in [0.1, 0.15) is 46.4 Å². The standard InChI is InChI=1S/C21H24N4O4/c26-19(23-16-12-22-24(14-16)13-15-7-10-29-11-8-15)6-3-9-25-20(27)17-4-1-2-5-18(17)21(25)28/h1-2,4-5,12,14-15H,3,6-11,13H2,(H,23,26). The summed E-state index contributed by atoms with van der Waals surface area (Å²) in [6, 6.07) is 6.78. The van der Waals surface area contributed by atoms with E-state index in [1.165, 1.54) is 4.90 Å². The number of carbonyl (C=O) groups is 3. The van der Waals surface area contributed by atoms with Crippen LogP contribution in [0.15, 0.2) is 36.7 Å². The molecule has 0 unspecified atom stereocenters. The number of aromatic nitrogens is 2. The van der Waals surface area contributed by atoms with E-state index >= 15 is 0 Å². The maximum Gasteiger partial charge on any atom is 0.261 e. The van der Waals surface area contributed by atoms with Crippen molar-refractivity contribution in [2.75, 3.05) is 25.1 Å². The molecular formula is C21H24N4O4. The molecular weight excluding hydrogens is 372 g/mol. The molecule has 0 atom stereocenters. The molecule has 8 nitrogen and oxygen atoms in total. The van der Waals surface area contributed by atoms with E-state index in [-0.39, 0.29) is 30.7 Å². The molecule has 1 saturated heterocycles. The van der Waals surface area contributed by atoms with Crippen LogP contribution in [0.4, 0.5) is 5.69 Å². The summed E-state index contributed by atoms with van der Waals surface area (Å²) in [5.74, 6) is -0.195. The molecule has 2 aliphatic heterocycles. The van der Waals surface area contributed by atoms with E-state index in [0.717, 1.165) is 32.6 Å².